The van der Waals surface area contributed by atoms with Crippen LogP contribution in [-0.2, 0) is 19.6 Å². The first-order valence-corrected chi connectivity index (χ1v) is 8.96. The van der Waals surface area contributed by atoms with Crippen molar-refractivity contribution >= 4 is 21.6 Å². The summed E-state index contributed by atoms with van der Waals surface area (Å²) < 4.78 is 31.0. The summed E-state index contributed by atoms with van der Waals surface area (Å²) >= 11 is 0. The van der Waals surface area contributed by atoms with Crippen LogP contribution in [0.4, 0.5) is 5.69 Å². The maximum atomic E-state index is 11.8. The highest BCUT2D eigenvalue weighted by Gasteiger charge is 2.29. The molecular weight excluding hydrogens is 304 g/mol. The van der Waals surface area contributed by atoms with Crippen LogP contribution in [0, 0.1) is 5.92 Å². The fraction of sp³-hybridized carbons (Fsp3) is 0.533. The van der Waals surface area contributed by atoms with Crippen molar-refractivity contribution in [2.45, 2.75) is 25.8 Å². The van der Waals surface area contributed by atoms with Gasteiger partial charge in [0.2, 0.25) is 15.9 Å². The number of sulfonamides is 1. The van der Waals surface area contributed by atoms with Gasteiger partial charge in [0.1, 0.15) is 0 Å². The average Bonchev–Trinajstić information content (AvgIpc) is 3.30. The Kier molecular flexibility index (Phi) is 5.55. The van der Waals surface area contributed by atoms with Gasteiger partial charge in [-0.2, -0.15) is 0 Å². The van der Waals surface area contributed by atoms with Gasteiger partial charge in [0.15, 0.2) is 0 Å². The Hall–Kier alpha value is -1.44. The molecule has 2 N–H and O–H groups in total. The van der Waals surface area contributed by atoms with E-state index in [1.54, 1.807) is 19.1 Å². The molecule has 0 radical (unpaired) electrons. The molecule has 0 saturated heterocycles. The third kappa shape index (κ3) is 5.08. The number of anilines is 1. The lowest BCUT2D eigenvalue weighted by atomic mass is 10.1. The number of ether oxygens (including phenoxy) is 1. The molecule has 0 bridgehead atoms. The Morgan fingerprint density at radius 2 is 1.95 bits per heavy atom. The molecule has 1 amide bonds. The van der Waals surface area contributed by atoms with Crippen LogP contribution in [-0.4, -0.2) is 33.8 Å². The van der Waals surface area contributed by atoms with Crippen molar-refractivity contribution in [3.63, 3.8) is 0 Å². The topological polar surface area (TPSA) is 84.5 Å². The van der Waals surface area contributed by atoms with Crippen molar-refractivity contribution in [1.82, 2.24) is 4.72 Å². The lowest BCUT2D eigenvalue weighted by Gasteiger charge is -2.15. The molecule has 1 atom stereocenters. The first-order valence-electron chi connectivity index (χ1n) is 7.31. The molecule has 0 spiro atoms. The second-order valence-corrected chi connectivity index (χ2v) is 7.41. The number of methoxy groups -OCH3 is 1. The van der Waals surface area contributed by atoms with Crippen LogP contribution in [0.2, 0.25) is 0 Å². The minimum atomic E-state index is -3.37. The average molecular weight is 326 g/mol. The third-order valence-electron chi connectivity index (χ3n) is 3.54. The normalized spacial score (nSPS) is 16.3. The molecule has 22 heavy (non-hydrogen) atoms. The number of amides is 1. The number of benzene rings is 1. The maximum Gasteiger partial charge on any atom is 0.227 e. The van der Waals surface area contributed by atoms with Gasteiger partial charge in [-0.15, -0.1) is 0 Å². The Morgan fingerprint density at radius 1 is 1.32 bits per heavy atom. The first-order chi connectivity index (χ1) is 10.4. The second kappa shape index (κ2) is 7.21. The van der Waals surface area contributed by atoms with Gasteiger partial charge in [0.25, 0.3) is 0 Å². The molecule has 1 aromatic rings. The maximum absolute atomic E-state index is 11.8. The van der Waals surface area contributed by atoms with Crippen LogP contribution < -0.4 is 10.0 Å². The molecule has 1 fully saturated rings. The minimum absolute atomic E-state index is 0.0565. The van der Waals surface area contributed by atoms with E-state index < -0.39 is 10.0 Å². The summed E-state index contributed by atoms with van der Waals surface area (Å²) in [6, 6.07) is 6.86. The molecule has 0 aromatic heterocycles. The molecular formula is C15H22N2O4S. The van der Waals surface area contributed by atoms with Crippen molar-refractivity contribution in [3.8, 4) is 0 Å². The van der Waals surface area contributed by atoms with Crippen molar-refractivity contribution < 1.29 is 17.9 Å². The zero-order valence-corrected chi connectivity index (χ0v) is 13.7. The predicted molar refractivity (Wildman–Crippen MR) is 85.0 cm³/mol. The Balaban J connectivity index is 1.92. The zero-order valence-electron chi connectivity index (χ0n) is 12.8. The van der Waals surface area contributed by atoms with Crippen molar-refractivity contribution in [2.24, 2.45) is 5.92 Å². The largest absolute Gasteiger partial charge is 0.384 e. The van der Waals surface area contributed by atoms with Crippen LogP contribution in [0.15, 0.2) is 24.3 Å². The summed E-state index contributed by atoms with van der Waals surface area (Å²) in [5.41, 5.74) is 1.57. The van der Waals surface area contributed by atoms with E-state index in [1.807, 2.05) is 12.1 Å². The van der Waals surface area contributed by atoms with Gasteiger partial charge >= 0.3 is 0 Å². The summed E-state index contributed by atoms with van der Waals surface area (Å²) in [4.78, 5) is 11.7. The van der Waals surface area contributed by atoms with Crippen LogP contribution in [0.1, 0.15) is 31.4 Å². The fourth-order valence-electron chi connectivity index (χ4n) is 2.03. The molecule has 1 saturated carbocycles. The van der Waals surface area contributed by atoms with Gasteiger partial charge in [0.05, 0.1) is 12.4 Å². The standard InChI is InChI=1S/C15H22N2O4S/c1-11(17-22(19,20)10-9-21-2)12-5-7-14(8-6-12)16-15(18)13-3-4-13/h5-8,11,13,17H,3-4,9-10H2,1-2H3,(H,16,18)/t11-/m0/s1. The Morgan fingerprint density at radius 3 is 2.50 bits per heavy atom. The molecule has 1 aliphatic carbocycles. The molecule has 122 valence electrons. The zero-order chi connectivity index (χ0) is 16.2. The predicted octanol–water partition coefficient (Wildman–Crippen LogP) is 1.66. The van der Waals surface area contributed by atoms with Crippen molar-refractivity contribution in [1.29, 1.82) is 0 Å². The summed E-state index contributed by atoms with van der Waals surface area (Å²) in [7, 11) is -1.90. The summed E-state index contributed by atoms with van der Waals surface area (Å²) in [5, 5.41) is 2.85. The number of hydrogen-bond acceptors (Lipinski definition) is 4. The molecule has 1 aromatic carbocycles. The van der Waals surface area contributed by atoms with E-state index in [9.17, 15) is 13.2 Å². The lowest BCUT2D eigenvalue weighted by molar-refractivity contribution is -0.117. The smallest absolute Gasteiger partial charge is 0.227 e. The molecule has 2 rings (SSSR count). The number of carbonyl (C=O) groups excluding carboxylic acids is 1. The van der Waals surface area contributed by atoms with Gasteiger partial charge in [-0.1, -0.05) is 12.1 Å². The van der Waals surface area contributed by atoms with Gasteiger partial charge in [-0.25, -0.2) is 13.1 Å². The highest BCUT2D eigenvalue weighted by atomic mass is 32.2. The van der Waals surface area contributed by atoms with E-state index in [4.69, 9.17) is 4.74 Å². The van der Waals surface area contributed by atoms with Gasteiger partial charge in [-0.3, -0.25) is 4.79 Å². The molecule has 0 aliphatic heterocycles. The summed E-state index contributed by atoms with van der Waals surface area (Å²) in [6.07, 6.45) is 1.93. The van der Waals surface area contributed by atoms with E-state index in [2.05, 4.69) is 10.0 Å². The van der Waals surface area contributed by atoms with Crippen LogP contribution >= 0.6 is 0 Å². The van der Waals surface area contributed by atoms with E-state index in [0.717, 1.165) is 24.1 Å². The van der Waals surface area contributed by atoms with Gasteiger partial charge in [-0.05, 0) is 37.5 Å². The molecule has 6 nitrogen and oxygen atoms in total. The van der Waals surface area contributed by atoms with Crippen LogP contribution in [0.3, 0.4) is 0 Å². The monoisotopic (exact) mass is 326 g/mol. The Bertz CT molecular complexity index is 609. The SMILES string of the molecule is COCCS(=O)(=O)N[C@@H](C)c1ccc(NC(=O)C2CC2)cc1. The van der Waals surface area contributed by atoms with Gasteiger partial charge < -0.3 is 10.1 Å². The van der Waals surface area contributed by atoms with Crippen LogP contribution in [0.25, 0.3) is 0 Å². The van der Waals surface area contributed by atoms with Crippen molar-refractivity contribution in [2.75, 3.05) is 24.8 Å². The van der Waals surface area contributed by atoms with E-state index in [-0.39, 0.29) is 30.2 Å². The fourth-order valence-corrected chi connectivity index (χ4v) is 3.21. The summed E-state index contributed by atoms with van der Waals surface area (Å²) in [6.45, 7) is 1.94. The highest BCUT2D eigenvalue weighted by Crippen LogP contribution is 2.30. The number of nitrogens with one attached hydrogen (secondary N) is 2. The molecule has 0 unspecified atom stereocenters. The molecule has 7 heteroatoms. The second-order valence-electron chi connectivity index (χ2n) is 5.54. The van der Waals surface area contributed by atoms with Crippen molar-refractivity contribution in [3.05, 3.63) is 29.8 Å². The van der Waals surface area contributed by atoms with Crippen LogP contribution in [0.5, 0.6) is 0 Å². The van der Waals surface area contributed by atoms with E-state index in [0.29, 0.717) is 0 Å². The highest BCUT2D eigenvalue weighted by molar-refractivity contribution is 7.89. The Labute approximate surface area is 131 Å². The van der Waals surface area contributed by atoms with E-state index >= 15 is 0 Å². The minimum Gasteiger partial charge on any atom is -0.384 e. The first kappa shape index (κ1) is 16.9. The number of carbonyl (C=O) groups is 1. The lowest BCUT2D eigenvalue weighted by Crippen LogP contribution is -2.30. The third-order valence-corrected chi connectivity index (χ3v) is 4.96. The molecule has 1 aliphatic rings. The summed E-state index contributed by atoms with van der Waals surface area (Å²) in [5.74, 6) is 0.149. The van der Waals surface area contributed by atoms with Gasteiger partial charge in [0, 0.05) is 24.8 Å². The number of hydrogen-bond donors (Lipinski definition) is 2. The van der Waals surface area contributed by atoms with E-state index in [1.165, 1.54) is 7.11 Å². The quantitative estimate of drug-likeness (QED) is 0.761. The number of rotatable bonds is 8. The molecule has 0 heterocycles.